The summed E-state index contributed by atoms with van der Waals surface area (Å²) in [5.74, 6) is 7.32. The van der Waals surface area contributed by atoms with Crippen LogP contribution >= 0.6 is 11.8 Å². The number of nitrogen functional groups attached to an aromatic ring is 1. The van der Waals surface area contributed by atoms with Gasteiger partial charge in [-0.15, -0.1) is 10.2 Å². The summed E-state index contributed by atoms with van der Waals surface area (Å²) in [4.78, 5) is 0. The molecule has 2 aromatic rings. The number of rotatable bonds is 7. The molecular formula is C13H19N5O2S2. The van der Waals surface area contributed by atoms with E-state index in [1.165, 1.54) is 22.0 Å². The maximum absolute atomic E-state index is 10.9. The van der Waals surface area contributed by atoms with Crippen molar-refractivity contribution in [2.45, 2.75) is 18.5 Å². The highest BCUT2D eigenvalue weighted by Crippen LogP contribution is 2.22. The molecule has 2 rings (SSSR count). The molecule has 7 nitrogen and oxygen atoms in total. The van der Waals surface area contributed by atoms with Crippen LogP contribution in [0, 0.1) is 6.92 Å². The molecular weight excluding hydrogens is 322 g/mol. The Labute approximate surface area is 134 Å². The van der Waals surface area contributed by atoms with Crippen molar-refractivity contribution in [1.82, 2.24) is 19.6 Å². The smallest absolute Gasteiger partial charge is 0.210 e. The van der Waals surface area contributed by atoms with Crippen LogP contribution in [0.5, 0.6) is 0 Å². The van der Waals surface area contributed by atoms with E-state index in [2.05, 4.69) is 14.9 Å². The number of hydrogen-bond donors (Lipinski definition) is 2. The minimum Gasteiger partial charge on any atom is -0.335 e. The topological polar surface area (TPSA) is 103 Å². The van der Waals surface area contributed by atoms with Crippen molar-refractivity contribution >= 4 is 21.8 Å². The van der Waals surface area contributed by atoms with E-state index in [-0.39, 0.29) is 0 Å². The van der Waals surface area contributed by atoms with Crippen LogP contribution in [0.25, 0.3) is 11.4 Å². The molecule has 1 heterocycles. The Hall–Kier alpha value is -1.58. The first-order chi connectivity index (χ1) is 10.4. The molecule has 0 saturated heterocycles. The van der Waals surface area contributed by atoms with E-state index in [1.54, 1.807) is 0 Å². The zero-order chi connectivity index (χ0) is 16.2. The van der Waals surface area contributed by atoms with Crippen molar-refractivity contribution in [3.8, 4) is 11.4 Å². The lowest BCUT2D eigenvalue weighted by Crippen LogP contribution is -2.23. The second-order valence-electron chi connectivity index (χ2n) is 4.91. The fraction of sp³-hybridized carbons (Fsp3) is 0.385. The molecule has 0 aliphatic rings. The Morgan fingerprint density at radius 1 is 1.27 bits per heavy atom. The van der Waals surface area contributed by atoms with E-state index in [0.717, 1.165) is 11.8 Å². The molecule has 0 aliphatic heterocycles. The van der Waals surface area contributed by atoms with Gasteiger partial charge >= 0.3 is 0 Å². The van der Waals surface area contributed by atoms with Gasteiger partial charge in [0.05, 0.1) is 6.26 Å². The first-order valence-electron chi connectivity index (χ1n) is 6.72. The molecule has 0 aliphatic carbocycles. The minimum atomic E-state index is -3.13. The highest BCUT2D eigenvalue weighted by molar-refractivity contribution is 7.99. The van der Waals surface area contributed by atoms with E-state index in [4.69, 9.17) is 5.84 Å². The van der Waals surface area contributed by atoms with Crippen molar-refractivity contribution < 1.29 is 8.42 Å². The molecule has 3 N–H and O–H groups in total. The van der Waals surface area contributed by atoms with Gasteiger partial charge in [-0.25, -0.2) is 17.8 Å². The summed E-state index contributed by atoms with van der Waals surface area (Å²) >= 11 is 1.45. The van der Waals surface area contributed by atoms with Crippen molar-refractivity contribution in [3.63, 3.8) is 0 Å². The summed E-state index contributed by atoms with van der Waals surface area (Å²) in [7, 11) is -3.13. The third kappa shape index (κ3) is 4.72. The number of sulfonamides is 1. The number of nitrogens with zero attached hydrogens (tertiary/aromatic N) is 3. The van der Waals surface area contributed by atoms with Crippen molar-refractivity contribution in [2.24, 2.45) is 0 Å². The summed E-state index contributed by atoms with van der Waals surface area (Å²) < 4.78 is 25.8. The lowest BCUT2D eigenvalue weighted by Gasteiger charge is -2.04. The van der Waals surface area contributed by atoms with Gasteiger partial charge in [0.25, 0.3) is 0 Å². The second kappa shape index (κ2) is 7.12. The summed E-state index contributed by atoms with van der Waals surface area (Å²) in [5.41, 5.74) is 2.08. The average Bonchev–Trinajstić information content (AvgIpc) is 2.80. The van der Waals surface area contributed by atoms with Gasteiger partial charge in [-0.05, 0) is 13.3 Å². The Kier molecular flexibility index (Phi) is 5.43. The SMILES string of the molecule is Cc1ccc(-c2nnc(SCCCNS(C)(=O)=O)n2N)cc1. The standard InChI is InChI=1S/C13H19N5O2S2/c1-10-4-6-11(7-5-10)12-16-17-13(18(12)14)21-9-3-8-15-22(2,19)20/h4-7,15H,3,8-9,14H2,1-2H3. The molecule has 0 fully saturated rings. The molecule has 0 amide bonds. The van der Waals surface area contributed by atoms with E-state index in [9.17, 15) is 8.42 Å². The molecule has 0 atom stereocenters. The quantitative estimate of drug-likeness (QED) is 0.442. The van der Waals surface area contributed by atoms with Crippen LogP contribution in [0.2, 0.25) is 0 Å². The normalized spacial score (nSPS) is 11.7. The maximum atomic E-state index is 10.9. The number of benzene rings is 1. The Morgan fingerprint density at radius 3 is 2.59 bits per heavy atom. The van der Waals surface area contributed by atoms with Gasteiger partial charge in [-0.3, -0.25) is 0 Å². The largest absolute Gasteiger partial charge is 0.335 e. The summed E-state index contributed by atoms with van der Waals surface area (Å²) in [6.45, 7) is 2.41. The molecule has 0 unspecified atom stereocenters. The number of aromatic nitrogens is 3. The first-order valence-corrected chi connectivity index (χ1v) is 9.59. The number of nitrogens with one attached hydrogen (secondary N) is 1. The van der Waals surface area contributed by atoms with Gasteiger partial charge in [0.1, 0.15) is 0 Å². The van der Waals surface area contributed by atoms with Gasteiger partial charge < -0.3 is 5.84 Å². The fourth-order valence-corrected chi connectivity index (χ4v) is 3.08. The van der Waals surface area contributed by atoms with E-state index < -0.39 is 10.0 Å². The van der Waals surface area contributed by atoms with Crippen LogP contribution in [-0.4, -0.2) is 41.8 Å². The first kappa shape index (κ1) is 16.8. The number of nitrogens with two attached hydrogens (primary N) is 1. The van der Waals surface area contributed by atoms with Gasteiger partial charge in [-0.2, -0.15) is 0 Å². The van der Waals surface area contributed by atoms with Crippen molar-refractivity contribution in [3.05, 3.63) is 29.8 Å². The summed E-state index contributed by atoms with van der Waals surface area (Å²) in [6, 6.07) is 7.89. The third-order valence-electron chi connectivity index (χ3n) is 2.89. The van der Waals surface area contributed by atoms with E-state index in [0.29, 0.717) is 29.7 Å². The highest BCUT2D eigenvalue weighted by Gasteiger charge is 2.11. The Bertz CT molecular complexity index is 725. The van der Waals surface area contributed by atoms with Crippen LogP contribution in [0.15, 0.2) is 29.4 Å². The van der Waals surface area contributed by atoms with E-state index >= 15 is 0 Å². The molecule has 1 aromatic heterocycles. The zero-order valence-corrected chi connectivity index (χ0v) is 14.1. The summed E-state index contributed by atoms with van der Waals surface area (Å²) in [5, 5.41) is 8.79. The lowest BCUT2D eigenvalue weighted by atomic mass is 10.1. The van der Waals surface area contributed by atoms with Crippen molar-refractivity contribution in [1.29, 1.82) is 0 Å². The second-order valence-corrected chi connectivity index (χ2v) is 7.81. The monoisotopic (exact) mass is 341 g/mol. The van der Waals surface area contributed by atoms with Crippen LogP contribution in [0.3, 0.4) is 0 Å². The van der Waals surface area contributed by atoms with Gasteiger partial charge in [-0.1, -0.05) is 41.6 Å². The van der Waals surface area contributed by atoms with Crippen LogP contribution in [0.4, 0.5) is 0 Å². The highest BCUT2D eigenvalue weighted by atomic mass is 32.2. The molecule has 0 spiro atoms. The van der Waals surface area contributed by atoms with E-state index in [1.807, 2.05) is 31.2 Å². The van der Waals surface area contributed by atoms with Crippen LogP contribution < -0.4 is 10.6 Å². The van der Waals surface area contributed by atoms with Crippen LogP contribution in [-0.2, 0) is 10.0 Å². The molecule has 1 aromatic carbocycles. The fourth-order valence-electron chi connectivity index (χ4n) is 1.77. The molecule has 120 valence electrons. The molecule has 0 saturated carbocycles. The summed E-state index contributed by atoms with van der Waals surface area (Å²) in [6.07, 6.45) is 1.83. The number of hydrogen-bond acceptors (Lipinski definition) is 6. The zero-order valence-electron chi connectivity index (χ0n) is 12.5. The minimum absolute atomic E-state index is 0.398. The van der Waals surface area contributed by atoms with Crippen molar-refractivity contribution in [2.75, 3.05) is 24.4 Å². The lowest BCUT2D eigenvalue weighted by molar-refractivity contribution is 0.587. The molecule has 0 bridgehead atoms. The molecule has 0 radical (unpaired) electrons. The predicted octanol–water partition coefficient (Wildman–Crippen LogP) is 0.999. The van der Waals surface area contributed by atoms with Gasteiger partial charge in [0.15, 0.2) is 5.82 Å². The molecule has 9 heteroatoms. The predicted molar refractivity (Wildman–Crippen MR) is 88.5 cm³/mol. The van der Waals surface area contributed by atoms with Gasteiger partial charge in [0, 0.05) is 17.9 Å². The third-order valence-corrected chi connectivity index (χ3v) is 4.65. The van der Waals surface area contributed by atoms with Crippen LogP contribution in [0.1, 0.15) is 12.0 Å². The maximum Gasteiger partial charge on any atom is 0.210 e. The number of thioether (sulfide) groups is 1. The van der Waals surface area contributed by atoms with Gasteiger partial charge in [0.2, 0.25) is 15.2 Å². The number of aryl methyl sites for hydroxylation is 1. The average molecular weight is 341 g/mol. The Morgan fingerprint density at radius 2 is 1.95 bits per heavy atom. The molecule has 22 heavy (non-hydrogen) atoms. The Balaban J connectivity index is 1.92.